The molecule has 0 aliphatic carbocycles. The molecule has 0 aliphatic rings. The van der Waals surface area contributed by atoms with Crippen molar-refractivity contribution in [3.8, 4) is 0 Å². The van der Waals surface area contributed by atoms with Crippen molar-refractivity contribution < 1.29 is 4.79 Å². The number of benzene rings is 1. The van der Waals surface area contributed by atoms with E-state index in [1.807, 2.05) is 0 Å². The van der Waals surface area contributed by atoms with Gasteiger partial charge in [0.05, 0.1) is 0 Å². The van der Waals surface area contributed by atoms with E-state index in [0.717, 1.165) is 24.8 Å². The van der Waals surface area contributed by atoms with Crippen LogP contribution in [0.25, 0.3) is 0 Å². The molecule has 1 aromatic carbocycles. The molecule has 1 heteroatoms. The van der Waals surface area contributed by atoms with Gasteiger partial charge in [0.2, 0.25) is 0 Å². The van der Waals surface area contributed by atoms with Gasteiger partial charge in [0.1, 0.15) is 0 Å². The maximum atomic E-state index is 11.9. The molecule has 1 aromatic rings. The summed E-state index contributed by atoms with van der Waals surface area (Å²) in [6.07, 6.45) is 3.32. The minimum atomic E-state index is 0.0310. The fraction of sp³-hybridized carbons (Fsp3) is 0.562. The fourth-order valence-corrected chi connectivity index (χ4v) is 2.22. The van der Waals surface area contributed by atoms with E-state index >= 15 is 0 Å². The van der Waals surface area contributed by atoms with E-state index in [0.29, 0.717) is 0 Å². The summed E-state index contributed by atoms with van der Waals surface area (Å²) in [6, 6.07) is 6.27. The van der Waals surface area contributed by atoms with Crippen LogP contribution in [0.5, 0.6) is 0 Å². The lowest BCUT2D eigenvalue weighted by atomic mass is 9.80. The van der Waals surface area contributed by atoms with Gasteiger partial charge in [0.25, 0.3) is 0 Å². The van der Waals surface area contributed by atoms with E-state index in [1.165, 1.54) is 11.1 Å². The van der Waals surface area contributed by atoms with Crippen molar-refractivity contribution in [2.45, 2.75) is 59.3 Å². The first-order chi connectivity index (χ1) is 7.88. The molecule has 17 heavy (non-hydrogen) atoms. The van der Waals surface area contributed by atoms with Crippen molar-refractivity contribution in [3.05, 3.63) is 34.9 Å². The zero-order chi connectivity index (χ0) is 13.1. The van der Waals surface area contributed by atoms with Gasteiger partial charge in [0, 0.05) is 5.56 Å². The Labute approximate surface area is 105 Å². The number of carbonyl (C=O) groups is 1. The topological polar surface area (TPSA) is 17.1 Å². The maximum Gasteiger partial charge on any atom is 0.160 e. The molecule has 1 nitrogen and oxygen atoms in total. The number of aryl methyl sites for hydroxylation is 1. The van der Waals surface area contributed by atoms with E-state index < -0.39 is 0 Å². The first kappa shape index (κ1) is 14.0. The molecular weight excluding hydrogens is 208 g/mol. The van der Waals surface area contributed by atoms with Crippen molar-refractivity contribution >= 4 is 5.78 Å². The number of hydrogen-bond donors (Lipinski definition) is 0. The average molecular weight is 232 g/mol. The highest BCUT2D eigenvalue weighted by molar-refractivity contribution is 5.97. The standard InChI is InChI=1S/C16H24O/c1-6-7-9-13-10-8-11-14(16(3,4)5)15(13)12(2)17/h8,10-11H,6-7,9H2,1-5H3. The third kappa shape index (κ3) is 3.42. The molecule has 0 N–H and O–H groups in total. The summed E-state index contributed by atoms with van der Waals surface area (Å²) in [5.41, 5.74) is 3.38. The van der Waals surface area contributed by atoms with Crippen molar-refractivity contribution in [2.75, 3.05) is 0 Å². The molecule has 0 radical (unpaired) electrons. The van der Waals surface area contributed by atoms with E-state index in [2.05, 4.69) is 45.9 Å². The Kier molecular flexibility index (Phi) is 4.50. The Bertz CT molecular complexity index is 396. The highest BCUT2D eigenvalue weighted by Crippen LogP contribution is 2.29. The van der Waals surface area contributed by atoms with Gasteiger partial charge in [-0.05, 0) is 36.3 Å². The van der Waals surface area contributed by atoms with Crippen LogP contribution in [0.1, 0.15) is 68.9 Å². The number of hydrogen-bond acceptors (Lipinski definition) is 1. The second-order valence-corrected chi connectivity index (χ2v) is 5.75. The monoisotopic (exact) mass is 232 g/mol. The number of Topliss-reactive ketones (excluding diaryl/α,β-unsaturated/α-hetero) is 1. The third-order valence-electron chi connectivity index (χ3n) is 3.11. The molecule has 0 bridgehead atoms. The van der Waals surface area contributed by atoms with E-state index in [9.17, 15) is 4.79 Å². The van der Waals surface area contributed by atoms with Gasteiger partial charge >= 0.3 is 0 Å². The van der Waals surface area contributed by atoms with Crippen molar-refractivity contribution in [2.24, 2.45) is 0 Å². The van der Waals surface area contributed by atoms with Crippen LogP contribution in [-0.4, -0.2) is 5.78 Å². The van der Waals surface area contributed by atoms with Crippen LogP contribution in [0, 0.1) is 0 Å². The molecule has 0 amide bonds. The predicted molar refractivity (Wildman–Crippen MR) is 73.8 cm³/mol. The minimum Gasteiger partial charge on any atom is -0.294 e. The molecule has 0 heterocycles. The Morgan fingerprint density at radius 2 is 1.88 bits per heavy atom. The Hall–Kier alpha value is -1.11. The molecule has 94 valence electrons. The van der Waals surface area contributed by atoms with E-state index in [-0.39, 0.29) is 11.2 Å². The Morgan fingerprint density at radius 3 is 2.35 bits per heavy atom. The smallest absolute Gasteiger partial charge is 0.160 e. The molecule has 0 aromatic heterocycles. The van der Waals surface area contributed by atoms with Crippen LogP contribution >= 0.6 is 0 Å². The highest BCUT2D eigenvalue weighted by atomic mass is 16.1. The lowest BCUT2D eigenvalue weighted by Crippen LogP contribution is -2.17. The maximum absolute atomic E-state index is 11.9. The number of ketones is 1. The van der Waals surface area contributed by atoms with E-state index in [4.69, 9.17) is 0 Å². The first-order valence-corrected chi connectivity index (χ1v) is 6.51. The lowest BCUT2D eigenvalue weighted by molar-refractivity contribution is 0.101. The van der Waals surface area contributed by atoms with Crippen LogP contribution < -0.4 is 0 Å². The Balaban J connectivity index is 3.27. The number of unbranched alkanes of at least 4 members (excludes halogenated alkanes) is 1. The molecule has 0 fully saturated rings. The summed E-state index contributed by atoms with van der Waals surface area (Å²) in [4.78, 5) is 11.9. The first-order valence-electron chi connectivity index (χ1n) is 6.51. The van der Waals surface area contributed by atoms with Gasteiger partial charge < -0.3 is 0 Å². The quantitative estimate of drug-likeness (QED) is 0.697. The lowest BCUT2D eigenvalue weighted by Gasteiger charge is -2.24. The molecule has 0 spiro atoms. The number of carbonyl (C=O) groups excluding carboxylic acids is 1. The van der Waals surface area contributed by atoms with Crippen LogP contribution in [-0.2, 0) is 11.8 Å². The van der Waals surface area contributed by atoms with Crippen molar-refractivity contribution in [1.29, 1.82) is 0 Å². The normalized spacial score (nSPS) is 11.6. The van der Waals surface area contributed by atoms with E-state index in [1.54, 1.807) is 6.92 Å². The zero-order valence-corrected chi connectivity index (χ0v) is 11.8. The molecule has 0 saturated heterocycles. The fourth-order valence-electron chi connectivity index (χ4n) is 2.22. The molecule has 0 saturated carbocycles. The highest BCUT2D eigenvalue weighted by Gasteiger charge is 2.21. The summed E-state index contributed by atoms with van der Waals surface area (Å²) >= 11 is 0. The average Bonchev–Trinajstić information content (AvgIpc) is 2.24. The number of rotatable bonds is 4. The van der Waals surface area contributed by atoms with Gasteiger partial charge in [-0.1, -0.05) is 52.3 Å². The van der Waals surface area contributed by atoms with Crippen molar-refractivity contribution in [1.82, 2.24) is 0 Å². The van der Waals surface area contributed by atoms with Gasteiger partial charge in [0.15, 0.2) is 5.78 Å². The molecule has 0 aliphatic heterocycles. The van der Waals surface area contributed by atoms with Gasteiger partial charge in [-0.3, -0.25) is 4.79 Å². The summed E-state index contributed by atoms with van der Waals surface area (Å²) in [5, 5.41) is 0. The molecular formula is C16H24O. The summed E-state index contributed by atoms with van der Waals surface area (Å²) in [7, 11) is 0. The van der Waals surface area contributed by atoms with Gasteiger partial charge in [-0.15, -0.1) is 0 Å². The van der Waals surface area contributed by atoms with Gasteiger partial charge in [-0.2, -0.15) is 0 Å². The SMILES string of the molecule is CCCCc1cccc(C(C)(C)C)c1C(C)=O. The second kappa shape index (κ2) is 5.48. The summed E-state index contributed by atoms with van der Waals surface area (Å²) < 4.78 is 0. The second-order valence-electron chi connectivity index (χ2n) is 5.75. The van der Waals surface area contributed by atoms with Crippen LogP contribution in [0.2, 0.25) is 0 Å². The van der Waals surface area contributed by atoms with Gasteiger partial charge in [-0.25, -0.2) is 0 Å². The largest absolute Gasteiger partial charge is 0.294 e. The summed E-state index contributed by atoms with van der Waals surface area (Å²) in [6.45, 7) is 10.4. The summed E-state index contributed by atoms with van der Waals surface area (Å²) in [5.74, 6) is 0.196. The molecule has 0 atom stereocenters. The minimum absolute atomic E-state index is 0.0310. The zero-order valence-electron chi connectivity index (χ0n) is 11.8. The molecule has 1 rings (SSSR count). The predicted octanol–water partition coefficient (Wildman–Crippen LogP) is 4.53. The van der Waals surface area contributed by atoms with Crippen molar-refractivity contribution in [3.63, 3.8) is 0 Å². The van der Waals surface area contributed by atoms with Crippen LogP contribution in [0.4, 0.5) is 0 Å². The Morgan fingerprint density at radius 1 is 1.24 bits per heavy atom. The van der Waals surface area contributed by atoms with Crippen LogP contribution in [0.3, 0.4) is 0 Å². The van der Waals surface area contributed by atoms with Crippen LogP contribution in [0.15, 0.2) is 18.2 Å². The third-order valence-corrected chi connectivity index (χ3v) is 3.11. The molecule has 0 unspecified atom stereocenters.